The van der Waals surface area contributed by atoms with Gasteiger partial charge < -0.3 is 39.8 Å². The lowest BCUT2D eigenvalue weighted by atomic mass is 9.85. The Labute approximate surface area is 264 Å². The van der Waals surface area contributed by atoms with E-state index in [-0.39, 0.29) is 49.9 Å². The lowest BCUT2D eigenvalue weighted by Gasteiger charge is -2.35. The topological polar surface area (TPSA) is 145 Å². The molecule has 12 nitrogen and oxygen atoms in total. The van der Waals surface area contributed by atoms with Crippen LogP contribution < -0.4 is 16.0 Å². The monoisotopic (exact) mass is 626 g/mol. The van der Waals surface area contributed by atoms with E-state index in [2.05, 4.69) is 29.8 Å². The van der Waals surface area contributed by atoms with Gasteiger partial charge in [0.2, 0.25) is 11.8 Å². The van der Waals surface area contributed by atoms with Gasteiger partial charge >= 0.3 is 5.97 Å². The van der Waals surface area contributed by atoms with Gasteiger partial charge in [-0.15, -0.1) is 0 Å². The minimum Gasteiger partial charge on any atom is -0.459 e. The van der Waals surface area contributed by atoms with Gasteiger partial charge in [-0.2, -0.15) is 0 Å². The van der Waals surface area contributed by atoms with Gasteiger partial charge in [0, 0.05) is 25.4 Å². The molecule has 0 bridgehead atoms. The van der Waals surface area contributed by atoms with Crippen LogP contribution in [0.5, 0.6) is 0 Å². The third kappa shape index (κ3) is 13.9. The molecule has 44 heavy (non-hydrogen) atoms. The number of Topliss-reactive ketones (excluding diaryl/α,β-unsaturated/α-hetero) is 1. The molecule has 0 aromatic heterocycles. The summed E-state index contributed by atoms with van der Waals surface area (Å²) in [7, 11) is 0. The number of hydrogen-bond donors (Lipinski definition) is 3. The fraction of sp³-hybridized carbons (Fsp3) is 0.875. The predicted octanol–water partition coefficient (Wildman–Crippen LogP) is 1.84. The van der Waals surface area contributed by atoms with Crippen LogP contribution in [-0.2, 0) is 38.1 Å². The average Bonchev–Trinajstić information content (AvgIpc) is 3.63. The number of ketones is 1. The van der Waals surface area contributed by atoms with Gasteiger partial charge in [0.1, 0.15) is 24.8 Å². The molecule has 254 valence electrons. The molecular weight excluding hydrogens is 568 g/mol. The zero-order valence-corrected chi connectivity index (χ0v) is 28.1. The Morgan fingerprint density at radius 3 is 2.20 bits per heavy atom. The van der Waals surface area contributed by atoms with E-state index in [4.69, 9.17) is 18.9 Å². The van der Waals surface area contributed by atoms with E-state index < -0.39 is 29.5 Å². The number of ether oxygens (including phenoxy) is 4. The second-order valence-corrected chi connectivity index (χ2v) is 13.6. The number of nitrogens with zero attached hydrogens (tertiary/aromatic N) is 1. The Morgan fingerprint density at radius 2 is 1.61 bits per heavy atom. The van der Waals surface area contributed by atoms with Gasteiger partial charge in [0.05, 0.1) is 45.6 Å². The normalized spacial score (nSPS) is 21.2. The smallest absolute Gasteiger partial charge is 0.323 e. The highest BCUT2D eigenvalue weighted by Gasteiger charge is 2.46. The SMILES string of the molecule is CC(C)CCC(=O)C1CC(OC(=O)C2CCCN2)CN1C(=O)C(NC(=O)COCCOCCOCCNC(C)C)C(C)(C)C. The van der Waals surface area contributed by atoms with Gasteiger partial charge in [-0.25, -0.2) is 0 Å². The highest BCUT2D eigenvalue weighted by atomic mass is 16.6. The third-order valence-electron chi connectivity index (χ3n) is 7.71. The standard InChI is InChI=1S/C32H58N4O8/c1-22(2)10-11-27(37)26-19-24(44-31(40)25-9-8-12-34-25)20-36(26)30(39)29(32(5,6)7)35-28(38)21-43-18-17-42-16-15-41-14-13-33-23(3)4/h22-26,29,33-34H,8-21H2,1-7H3,(H,35,38). The summed E-state index contributed by atoms with van der Waals surface area (Å²) >= 11 is 0. The molecule has 0 aromatic carbocycles. The number of amides is 2. The van der Waals surface area contributed by atoms with Gasteiger partial charge in [0.25, 0.3) is 0 Å². The molecule has 0 aliphatic carbocycles. The summed E-state index contributed by atoms with van der Waals surface area (Å²) < 4.78 is 22.2. The summed E-state index contributed by atoms with van der Waals surface area (Å²) in [5.74, 6) is -0.855. The summed E-state index contributed by atoms with van der Waals surface area (Å²) in [4.78, 5) is 54.3. The number of esters is 1. The van der Waals surface area contributed by atoms with Crippen LogP contribution in [0.2, 0.25) is 0 Å². The fourth-order valence-electron chi connectivity index (χ4n) is 5.20. The summed E-state index contributed by atoms with van der Waals surface area (Å²) in [6.07, 6.45) is 2.33. The number of rotatable bonds is 20. The molecule has 2 rings (SSSR count). The van der Waals surface area contributed by atoms with E-state index >= 15 is 0 Å². The lowest BCUT2D eigenvalue weighted by molar-refractivity contribution is -0.151. The van der Waals surface area contributed by atoms with Gasteiger partial charge in [-0.1, -0.05) is 48.5 Å². The average molecular weight is 627 g/mol. The van der Waals surface area contributed by atoms with E-state index in [9.17, 15) is 19.2 Å². The first-order valence-corrected chi connectivity index (χ1v) is 16.3. The molecule has 0 aromatic rings. The van der Waals surface area contributed by atoms with Crippen molar-refractivity contribution in [1.29, 1.82) is 0 Å². The van der Waals surface area contributed by atoms with Gasteiger partial charge in [-0.3, -0.25) is 19.2 Å². The Balaban J connectivity index is 1.90. The van der Waals surface area contributed by atoms with Crippen LogP contribution in [0.15, 0.2) is 0 Å². The van der Waals surface area contributed by atoms with E-state index in [0.717, 1.165) is 19.5 Å². The summed E-state index contributed by atoms with van der Waals surface area (Å²) in [6, 6.07) is -1.54. The largest absolute Gasteiger partial charge is 0.459 e. The maximum Gasteiger partial charge on any atom is 0.323 e. The molecule has 0 saturated carbocycles. The Bertz CT molecular complexity index is 901. The number of likely N-dealkylation sites (tertiary alicyclic amines) is 1. The van der Waals surface area contributed by atoms with Crippen LogP contribution >= 0.6 is 0 Å². The maximum absolute atomic E-state index is 14.0. The Morgan fingerprint density at radius 1 is 0.955 bits per heavy atom. The number of hydrogen-bond acceptors (Lipinski definition) is 10. The first-order valence-electron chi connectivity index (χ1n) is 16.3. The zero-order chi connectivity index (χ0) is 32.7. The minimum absolute atomic E-state index is 0.0514. The molecular formula is C32H58N4O8. The van der Waals surface area contributed by atoms with Gasteiger partial charge in [0.15, 0.2) is 5.78 Å². The Hall–Kier alpha value is -2.12. The minimum atomic E-state index is -0.900. The van der Waals surface area contributed by atoms with Crippen molar-refractivity contribution in [3.05, 3.63) is 0 Å². The highest BCUT2D eigenvalue weighted by Crippen LogP contribution is 2.29. The molecule has 2 aliphatic rings. The van der Waals surface area contributed by atoms with E-state index in [0.29, 0.717) is 57.6 Å². The molecule has 4 unspecified atom stereocenters. The molecule has 0 spiro atoms. The molecule has 2 saturated heterocycles. The molecule has 3 N–H and O–H groups in total. The highest BCUT2D eigenvalue weighted by molar-refractivity contribution is 5.94. The first kappa shape index (κ1) is 38.1. The molecule has 2 heterocycles. The predicted molar refractivity (Wildman–Crippen MR) is 167 cm³/mol. The van der Waals surface area contributed by atoms with Crippen LogP contribution in [0.3, 0.4) is 0 Å². The first-order chi connectivity index (χ1) is 20.8. The number of carbonyl (C=O) groups is 4. The summed E-state index contributed by atoms with van der Waals surface area (Å²) in [5.41, 5.74) is -0.644. The van der Waals surface area contributed by atoms with Crippen molar-refractivity contribution >= 4 is 23.6 Å². The zero-order valence-electron chi connectivity index (χ0n) is 28.1. The van der Waals surface area contributed by atoms with E-state index in [1.807, 2.05) is 34.6 Å². The molecule has 2 aliphatic heterocycles. The van der Waals surface area contributed by atoms with E-state index in [1.54, 1.807) is 0 Å². The molecule has 2 amide bonds. The second-order valence-electron chi connectivity index (χ2n) is 13.6. The third-order valence-corrected chi connectivity index (χ3v) is 7.71. The van der Waals surface area contributed by atoms with Crippen molar-refractivity contribution < 1.29 is 38.1 Å². The maximum atomic E-state index is 14.0. The molecule has 12 heteroatoms. The number of carbonyl (C=O) groups excluding carboxylic acids is 4. The van der Waals surface area contributed by atoms with Crippen LogP contribution in [0, 0.1) is 11.3 Å². The number of nitrogens with one attached hydrogen (secondary N) is 3. The summed E-state index contributed by atoms with van der Waals surface area (Å²) in [5, 5.41) is 9.24. The van der Waals surface area contributed by atoms with Crippen LogP contribution in [0.25, 0.3) is 0 Å². The van der Waals surface area contributed by atoms with Crippen molar-refractivity contribution in [1.82, 2.24) is 20.9 Å². The Kier molecular flexibility index (Phi) is 16.8. The lowest BCUT2D eigenvalue weighted by Crippen LogP contribution is -2.57. The van der Waals surface area contributed by atoms with Crippen molar-refractivity contribution in [3.8, 4) is 0 Å². The van der Waals surface area contributed by atoms with Crippen molar-refractivity contribution in [3.63, 3.8) is 0 Å². The van der Waals surface area contributed by atoms with Crippen molar-refractivity contribution in [2.24, 2.45) is 11.3 Å². The molecule has 0 radical (unpaired) electrons. The summed E-state index contributed by atoms with van der Waals surface area (Å²) in [6.45, 7) is 17.3. The van der Waals surface area contributed by atoms with Gasteiger partial charge in [-0.05, 0) is 37.1 Å². The van der Waals surface area contributed by atoms with Crippen molar-refractivity contribution in [2.45, 2.75) is 111 Å². The van der Waals surface area contributed by atoms with E-state index in [1.165, 1.54) is 4.90 Å². The van der Waals surface area contributed by atoms with Crippen molar-refractivity contribution in [2.75, 3.05) is 59.3 Å². The van der Waals surface area contributed by atoms with Crippen LogP contribution in [0.4, 0.5) is 0 Å². The molecule has 2 fully saturated rings. The molecule has 4 atom stereocenters. The van der Waals surface area contributed by atoms with Crippen LogP contribution in [-0.4, -0.2) is 118 Å². The quantitative estimate of drug-likeness (QED) is 0.135. The van der Waals surface area contributed by atoms with Crippen LogP contribution in [0.1, 0.15) is 80.6 Å². The second kappa shape index (κ2) is 19.4. The fourth-order valence-corrected chi connectivity index (χ4v) is 5.20.